The molecule has 0 fully saturated rings. The molecule has 5 nitrogen and oxygen atoms in total. The number of fused-ring (bicyclic) bond motifs is 1. The van der Waals surface area contributed by atoms with Crippen LogP contribution in [0.25, 0.3) is 11.0 Å². The number of unbranched alkanes of at least 4 members (excludes halogenated alkanes) is 1. The van der Waals surface area contributed by atoms with Crippen LogP contribution >= 0.6 is 11.6 Å². The van der Waals surface area contributed by atoms with Crippen LogP contribution in [0.1, 0.15) is 19.8 Å². The molecule has 0 bridgehead atoms. The zero-order chi connectivity index (χ0) is 18.0. The Labute approximate surface area is 150 Å². The number of halogens is 2. The second-order valence-corrected chi connectivity index (χ2v) is 7.70. The number of anilines is 1. The fraction of sp³-hybridized carbons (Fsp3) is 0.235. The molecule has 0 aliphatic heterocycles. The van der Waals surface area contributed by atoms with Crippen LogP contribution in [0, 0.1) is 5.82 Å². The van der Waals surface area contributed by atoms with Crippen LogP contribution in [0.4, 0.5) is 10.1 Å². The van der Waals surface area contributed by atoms with Crippen LogP contribution < -0.4 is 4.72 Å². The third-order valence-electron chi connectivity index (χ3n) is 3.81. The zero-order valence-corrected chi connectivity index (χ0v) is 15.1. The summed E-state index contributed by atoms with van der Waals surface area (Å²) >= 11 is 5.93. The van der Waals surface area contributed by atoms with Crippen molar-refractivity contribution in [3.05, 3.63) is 53.6 Å². The predicted octanol–water partition coefficient (Wildman–Crippen LogP) is 4.43. The number of benzene rings is 1. The molecule has 0 saturated heterocycles. The van der Waals surface area contributed by atoms with Crippen LogP contribution in [0.5, 0.6) is 0 Å². The quantitative estimate of drug-likeness (QED) is 0.687. The number of sulfonamides is 1. The fourth-order valence-corrected chi connectivity index (χ4v) is 4.14. The Morgan fingerprint density at radius 1 is 1.32 bits per heavy atom. The van der Waals surface area contributed by atoms with Crippen molar-refractivity contribution < 1.29 is 12.8 Å². The predicted molar refractivity (Wildman–Crippen MR) is 96.9 cm³/mol. The lowest BCUT2D eigenvalue weighted by molar-refractivity contribution is 0.599. The van der Waals surface area contributed by atoms with E-state index >= 15 is 0 Å². The van der Waals surface area contributed by atoms with Crippen molar-refractivity contribution in [2.24, 2.45) is 0 Å². The van der Waals surface area contributed by atoms with Gasteiger partial charge in [0.05, 0.1) is 10.7 Å². The Hall–Kier alpha value is -2.12. The number of hydrogen-bond donors (Lipinski definition) is 1. The standard InChI is InChI=1S/C17H17ClFN3O2S/c1-2-3-9-22-11-16(13-5-4-8-20-17(13)22)25(23,24)21-15-7-6-12(19)10-14(15)18/h4-8,10-11,21H,2-3,9H2,1H3. The van der Waals surface area contributed by atoms with Gasteiger partial charge in [-0.2, -0.15) is 0 Å². The largest absolute Gasteiger partial charge is 0.331 e. The van der Waals surface area contributed by atoms with Crippen LogP contribution in [-0.2, 0) is 16.6 Å². The average molecular weight is 382 g/mol. The highest BCUT2D eigenvalue weighted by Crippen LogP contribution is 2.29. The molecule has 0 aliphatic rings. The molecule has 0 atom stereocenters. The van der Waals surface area contributed by atoms with Gasteiger partial charge in [-0.1, -0.05) is 24.9 Å². The third kappa shape index (κ3) is 3.62. The summed E-state index contributed by atoms with van der Waals surface area (Å²) in [4.78, 5) is 4.42. The van der Waals surface area contributed by atoms with E-state index in [9.17, 15) is 12.8 Å². The van der Waals surface area contributed by atoms with Crippen LogP contribution in [0.3, 0.4) is 0 Å². The van der Waals surface area contributed by atoms with Crippen molar-refractivity contribution >= 4 is 38.3 Å². The Morgan fingerprint density at radius 2 is 2.12 bits per heavy atom. The smallest absolute Gasteiger partial charge is 0.264 e. The maximum atomic E-state index is 13.2. The lowest BCUT2D eigenvalue weighted by Gasteiger charge is -2.08. The molecule has 1 aromatic carbocycles. The van der Waals surface area contributed by atoms with E-state index in [0.717, 1.165) is 25.0 Å². The van der Waals surface area contributed by atoms with Gasteiger partial charge in [-0.15, -0.1) is 0 Å². The second kappa shape index (κ2) is 7.01. The van der Waals surface area contributed by atoms with Gasteiger partial charge in [0.1, 0.15) is 16.4 Å². The fourth-order valence-electron chi connectivity index (χ4n) is 2.58. The lowest BCUT2D eigenvalue weighted by atomic mass is 10.3. The Balaban J connectivity index is 2.05. The molecular weight excluding hydrogens is 365 g/mol. The van der Waals surface area contributed by atoms with Crippen molar-refractivity contribution in [3.8, 4) is 0 Å². The maximum Gasteiger partial charge on any atom is 0.264 e. The Kier molecular flexibility index (Phi) is 4.96. The van der Waals surface area contributed by atoms with Gasteiger partial charge >= 0.3 is 0 Å². The number of pyridine rings is 1. The first kappa shape index (κ1) is 17.7. The van der Waals surface area contributed by atoms with E-state index in [2.05, 4.69) is 16.6 Å². The summed E-state index contributed by atoms with van der Waals surface area (Å²) < 4.78 is 43.1. The monoisotopic (exact) mass is 381 g/mol. The Morgan fingerprint density at radius 3 is 2.84 bits per heavy atom. The van der Waals surface area contributed by atoms with Crippen LogP contribution in [-0.4, -0.2) is 18.0 Å². The normalized spacial score (nSPS) is 11.8. The van der Waals surface area contributed by atoms with Gasteiger partial charge in [0, 0.05) is 24.3 Å². The highest BCUT2D eigenvalue weighted by atomic mass is 35.5. The van der Waals surface area contributed by atoms with Crippen molar-refractivity contribution in [1.82, 2.24) is 9.55 Å². The molecule has 0 radical (unpaired) electrons. The van der Waals surface area contributed by atoms with Crippen molar-refractivity contribution in [3.63, 3.8) is 0 Å². The molecule has 2 aromatic heterocycles. The first-order valence-electron chi connectivity index (χ1n) is 7.84. The molecule has 0 amide bonds. The first-order chi connectivity index (χ1) is 11.9. The molecular formula is C17H17ClFN3O2S. The summed E-state index contributed by atoms with van der Waals surface area (Å²) in [5, 5.41) is 0.528. The van der Waals surface area contributed by atoms with E-state index in [-0.39, 0.29) is 15.6 Å². The third-order valence-corrected chi connectivity index (χ3v) is 5.52. The first-order valence-corrected chi connectivity index (χ1v) is 9.70. The van der Waals surface area contributed by atoms with E-state index in [1.807, 2.05) is 4.57 Å². The SMILES string of the molecule is CCCCn1cc(S(=O)(=O)Nc2ccc(F)cc2Cl)c2cccnc21. The number of nitrogens with one attached hydrogen (secondary N) is 1. The molecule has 0 saturated carbocycles. The summed E-state index contributed by atoms with van der Waals surface area (Å²) in [6.07, 6.45) is 5.10. The molecule has 0 aliphatic carbocycles. The summed E-state index contributed by atoms with van der Waals surface area (Å²) in [6, 6.07) is 6.91. The van der Waals surface area contributed by atoms with E-state index in [1.54, 1.807) is 24.5 Å². The minimum absolute atomic E-state index is 0.00331. The van der Waals surface area contributed by atoms with Gasteiger partial charge in [-0.25, -0.2) is 17.8 Å². The van der Waals surface area contributed by atoms with Crippen molar-refractivity contribution in [2.75, 3.05) is 4.72 Å². The average Bonchev–Trinajstić information content (AvgIpc) is 2.95. The van der Waals surface area contributed by atoms with E-state index < -0.39 is 15.8 Å². The van der Waals surface area contributed by atoms with E-state index in [1.165, 1.54) is 6.07 Å². The number of rotatable bonds is 6. The molecule has 3 rings (SSSR count). The molecule has 8 heteroatoms. The number of nitrogens with zero attached hydrogens (tertiary/aromatic N) is 2. The van der Waals surface area contributed by atoms with Crippen molar-refractivity contribution in [1.29, 1.82) is 0 Å². The van der Waals surface area contributed by atoms with Gasteiger partial charge in [0.2, 0.25) is 0 Å². The molecule has 2 heterocycles. The minimum atomic E-state index is -3.90. The second-order valence-electron chi connectivity index (χ2n) is 5.64. The van der Waals surface area contributed by atoms with E-state index in [0.29, 0.717) is 17.6 Å². The van der Waals surface area contributed by atoms with Crippen LogP contribution in [0.2, 0.25) is 5.02 Å². The van der Waals surface area contributed by atoms with Gasteiger partial charge in [0.15, 0.2) is 0 Å². The topological polar surface area (TPSA) is 64.0 Å². The van der Waals surface area contributed by atoms with Gasteiger partial charge in [-0.3, -0.25) is 4.72 Å². The summed E-state index contributed by atoms with van der Waals surface area (Å²) in [5.41, 5.74) is 0.739. The molecule has 0 unspecified atom stereocenters. The Bertz CT molecular complexity index is 1020. The molecule has 25 heavy (non-hydrogen) atoms. The van der Waals surface area contributed by atoms with Gasteiger partial charge < -0.3 is 4.57 Å². The number of aryl methyl sites for hydroxylation is 1. The summed E-state index contributed by atoms with van der Waals surface area (Å²) in [5.74, 6) is -0.534. The molecule has 0 spiro atoms. The highest BCUT2D eigenvalue weighted by Gasteiger charge is 2.22. The maximum absolute atomic E-state index is 13.2. The zero-order valence-electron chi connectivity index (χ0n) is 13.5. The highest BCUT2D eigenvalue weighted by molar-refractivity contribution is 7.93. The lowest BCUT2D eigenvalue weighted by Crippen LogP contribution is -2.13. The van der Waals surface area contributed by atoms with Crippen molar-refractivity contribution in [2.45, 2.75) is 31.2 Å². The number of hydrogen-bond acceptors (Lipinski definition) is 3. The van der Waals surface area contributed by atoms with E-state index in [4.69, 9.17) is 11.6 Å². The summed E-state index contributed by atoms with van der Waals surface area (Å²) in [7, 11) is -3.90. The van der Waals surface area contributed by atoms with Gasteiger partial charge in [-0.05, 0) is 36.8 Å². The van der Waals surface area contributed by atoms with Crippen LogP contribution in [0.15, 0.2) is 47.6 Å². The molecule has 1 N–H and O–H groups in total. The summed E-state index contributed by atoms with van der Waals surface area (Å²) in [6.45, 7) is 2.74. The minimum Gasteiger partial charge on any atom is -0.331 e. The number of aromatic nitrogens is 2. The molecule has 132 valence electrons. The molecule has 3 aromatic rings. The van der Waals surface area contributed by atoms with Gasteiger partial charge in [0.25, 0.3) is 10.0 Å².